The van der Waals surface area contributed by atoms with Crippen LogP contribution in [0.4, 0.5) is 4.39 Å². The number of guanidine groups is 1. The fourth-order valence-electron chi connectivity index (χ4n) is 2.31. The number of nitrogens with one attached hydrogen (secondary N) is 2. The third kappa shape index (κ3) is 6.10. The number of halogens is 2. The molecule has 0 aliphatic heterocycles. The van der Waals surface area contributed by atoms with E-state index in [4.69, 9.17) is 4.52 Å². The Kier molecular flexibility index (Phi) is 8.73. The molecule has 24 heavy (non-hydrogen) atoms. The van der Waals surface area contributed by atoms with E-state index in [2.05, 4.69) is 20.8 Å². The van der Waals surface area contributed by atoms with E-state index in [9.17, 15) is 4.39 Å². The van der Waals surface area contributed by atoms with Gasteiger partial charge in [0.1, 0.15) is 11.6 Å². The van der Waals surface area contributed by atoms with Crippen LogP contribution in [0.25, 0.3) is 0 Å². The second-order valence-electron chi connectivity index (χ2n) is 5.30. The molecule has 0 unspecified atom stereocenters. The van der Waals surface area contributed by atoms with E-state index in [0.717, 1.165) is 42.1 Å². The lowest BCUT2D eigenvalue weighted by molar-refractivity contribution is 0.392. The molecule has 0 saturated heterocycles. The minimum absolute atomic E-state index is 0. The van der Waals surface area contributed by atoms with Crippen LogP contribution in [0.3, 0.4) is 0 Å². The molecule has 0 bridgehead atoms. The average molecular weight is 446 g/mol. The number of nitrogens with zero attached hydrogens (tertiary/aromatic N) is 2. The third-order valence-corrected chi connectivity index (χ3v) is 3.50. The molecule has 7 heteroatoms. The maximum atomic E-state index is 13.2. The molecule has 0 radical (unpaired) electrons. The molecule has 1 aromatic carbocycles. The second kappa shape index (κ2) is 10.3. The van der Waals surface area contributed by atoms with Crippen LogP contribution in [0.15, 0.2) is 33.8 Å². The van der Waals surface area contributed by atoms with E-state index >= 15 is 0 Å². The van der Waals surface area contributed by atoms with E-state index in [0.29, 0.717) is 12.5 Å². The normalized spacial score (nSPS) is 11.1. The van der Waals surface area contributed by atoms with Gasteiger partial charge in [0.25, 0.3) is 0 Å². The Balaban J connectivity index is 0.00000288. The van der Waals surface area contributed by atoms with Gasteiger partial charge in [-0.3, -0.25) is 0 Å². The molecule has 1 heterocycles. The number of aromatic nitrogens is 1. The zero-order chi connectivity index (χ0) is 16.7. The van der Waals surface area contributed by atoms with E-state index < -0.39 is 0 Å². The molecule has 132 valence electrons. The number of hydrogen-bond donors (Lipinski definition) is 2. The van der Waals surface area contributed by atoms with Crippen LogP contribution in [0, 0.1) is 19.7 Å². The van der Waals surface area contributed by atoms with E-state index in [-0.39, 0.29) is 29.8 Å². The summed E-state index contributed by atoms with van der Waals surface area (Å²) < 4.78 is 18.3. The van der Waals surface area contributed by atoms with Crippen molar-refractivity contribution in [3.8, 4) is 0 Å². The summed E-state index contributed by atoms with van der Waals surface area (Å²) in [6.07, 6.45) is 0.811. The van der Waals surface area contributed by atoms with E-state index in [1.807, 2.05) is 26.8 Å². The zero-order valence-electron chi connectivity index (χ0n) is 14.2. The van der Waals surface area contributed by atoms with Crippen molar-refractivity contribution in [2.45, 2.75) is 33.7 Å². The fraction of sp³-hybridized carbons (Fsp3) is 0.412. The summed E-state index contributed by atoms with van der Waals surface area (Å²) >= 11 is 0. The quantitative estimate of drug-likeness (QED) is 0.406. The Morgan fingerprint density at radius 1 is 1.29 bits per heavy atom. The Hall–Kier alpha value is -1.64. The summed E-state index contributed by atoms with van der Waals surface area (Å²) in [6, 6.07) is 6.48. The van der Waals surface area contributed by atoms with E-state index in [1.54, 1.807) is 6.07 Å². The number of hydrogen-bond acceptors (Lipinski definition) is 3. The number of benzene rings is 1. The molecule has 1 aromatic heterocycles. The van der Waals surface area contributed by atoms with Gasteiger partial charge in [-0.05, 0) is 44.9 Å². The lowest BCUT2D eigenvalue weighted by Crippen LogP contribution is -2.38. The smallest absolute Gasteiger partial charge is 0.191 e. The molecule has 2 N–H and O–H groups in total. The van der Waals surface area contributed by atoms with Gasteiger partial charge in [0.2, 0.25) is 0 Å². The molecule has 0 atom stereocenters. The van der Waals surface area contributed by atoms with Crippen molar-refractivity contribution in [1.29, 1.82) is 0 Å². The first-order valence-corrected chi connectivity index (χ1v) is 7.78. The van der Waals surface area contributed by atoms with Gasteiger partial charge in [0.15, 0.2) is 5.96 Å². The molecule has 0 fully saturated rings. The van der Waals surface area contributed by atoms with Gasteiger partial charge in [-0.15, -0.1) is 24.0 Å². The van der Waals surface area contributed by atoms with Crippen LogP contribution >= 0.6 is 24.0 Å². The van der Waals surface area contributed by atoms with E-state index in [1.165, 1.54) is 12.1 Å². The Morgan fingerprint density at radius 2 is 2.08 bits per heavy atom. The maximum absolute atomic E-state index is 13.2. The van der Waals surface area contributed by atoms with Crippen LogP contribution in [-0.2, 0) is 13.0 Å². The second-order valence-corrected chi connectivity index (χ2v) is 5.30. The average Bonchev–Trinajstić information content (AvgIpc) is 2.84. The van der Waals surface area contributed by atoms with Gasteiger partial charge in [-0.25, -0.2) is 9.38 Å². The van der Waals surface area contributed by atoms with Crippen molar-refractivity contribution in [1.82, 2.24) is 15.8 Å². The SMILES string of the molecule is CCNC(=NCc1cccc(F)c1)NCCc1c(C)noc1C.I. The molecule has 0 aliphatic rings. The summed E-state index contributed by atoms with van der Waals surface area (Å²) in [6.45, 7) is 7.78. The zero-order valence-corrected chi connectivity index (χ0v) is 16.6. The summed E-state index contributed by atoms with van der Waals surface area (Å²) in [7, 11) is 0. The third-order valence-electron chi connectivity index (χ3n) is 3.50. The number of rotatable bonds is 6. The highest BCUT2D eigenvalue weighted by atomic mass is 127. The summed E-state index contributed by atoms with van der Waals surface area (Å²) in [5.74, 6) is 1.32. The molecule has 2 aromatic rings. The molecule has 0 spiro atoms. The van der Waals surface area contributed by atoms with Gasteiger partial charge in [0, 0.05) is 18.7 Å². The van der Waals surface area contributed by atoms with Gasteiger partial charge in [-0.1, -0.05) is 17.3 Å². The van der Waals surface area contributed by atoms with Gasteiger partial charge in [-0.2, -0.15) is 0 Å². The molecule has 5 nitrogen and oxygen atoms in total. The van der Waals surface area contributed by atoms with Crippen molar-refractivity contribution >= 4 is 29.9 Å². The lowest BCUT2D eigenvalue weighted by Gasteiger charge is -2.11. The van der Waals surface area contributed by atoms with Crippen molar-refractivity contribution < 1.29 is 8.91 Å². The first kappa shape index (κ1) is 20.4. The van der Waals surface area contributed by atoms with Crippen LogP contribution < -0.4 is 10.6 Å². The predicted octanol–water partition coefficient (Wildman–Crippen LogP) is 3.35. The van der Waals surface area contributed by atoms with Gasteiger partial charge >= 0.3 is 0 Å². The standard InChI is InChI=1S/C17H23FN4O.HI/c1-4-19-17(21-11-14-6-5-7-15(18)10-14)20-9-8-16-12(2)22-23-13(16)3;/h5-7,10H,4,8-9,11H2,1-3H3,(H2,19,20,21);1H. The van der Waals surface area contributed by atoms with Gasteiger partial charge in [0.05, 0.1) is 12.2 Å². The number of aryl methyl sites for hydroxylation is 2. The molecular formula is C17H24FIN4O. The van der Waals surface area contributed by atoms with Crippen molar-refractivity contribution in [3.05, 3.63) is 52.7 Å². The first-order chi connectivity index (χ1) is 11.1. The van der Waals surface area contributed by atoms with Crippen LogP contribution in [-0.4, -0.2) is 24.2 Å². The Bertz CT molecular complexity index is 653. The van der Waals surface area contributed by atoms with Gasteiger partial charge < -0.3 is 15.2 Å². The van der Waals surface area contributed by atoms with Crippen LogP contribution in [0.5, 0.6) is 0 Å². The molecular weight excluding hydrogens is 422 g/mol. The Labute approximate surface area is 159 Å². The fourth-order valence-corrected chi connectivity index (χ4v) is 2.31. The highest BCUT2D eigenvalue weighted by Gasteiger charge is 2.08. The maximum Gasteiger partial charge on any atom is 0.191 e. The van der Waals surface area contributed by atoms with Crippen molar-refractivity contribution in [2.24, 2.45) is 4.99 Å². The highest BCUT2D eigenvalue weighted by Crippen LogP contribution is 2.12. The minimum Gasteiger partial charge on any atom is -0.361 e. The first-order valence-electron chi connectivity index (χ1n) is 7.78. The minimum atomic E-state index is -0.242. The molecule has 0 amide bonds. The van der Waals surface area contributed by atoms with Crippen molar-refractivity contribution in [3.63, 3.8) is 0 Å². The molecule has 0 aliphatic carbocycles. The molecule has 0 saturated carbocycles. The summed E-state index contributed by atoms with van der Waals surface area (Å²) in [5.41, 5.74) is 2.89. The lowest BCUT2D eigenvalue weighted by atomic mass is 10.1. The summed E-state index contributed by atoms with van der Waals surface area (Å²) in [5, 5.41) is 10.4. The predicted molar refractivity (Wildman–Crippen MR) is 104 cm³/mol. The highest BCUT2D eigenvalue weighted by molar-refractivity contribution is 14.0. The molecule has 2 rings (SSSR count). The number of aliphatic imine (C=N–C) groups is 1. The largest absolute Gasteiger partial charge is 0.361 e. The van der Waals surface area contributed by atoms with Crippen molar-refractivity contribution in [2.75, 3.05) is 13.1 Å². The summed E-state index contributed by atoms with van der Waals surface area (Å²) in [4.78, 5) is 4.48. The van der Waals surface area contributed by atoms with Crippen LogP contribution in [0.2, 0.25) is 0 Å². The van der Waals surface area contributed by atoms with Crippen LogP contribution in [0.1, 0.15) is 29.5 Å². The Morgan fingerprint density at radius 3 is 2.71 bits per heavy atom. The monoisotopic (exact) mass is 446 g/mol. The topological polar surface area (TPSA) is 62.5 Å².